The molecule has 0 spiro atoms. The SMILES string of the molecule is C=CC(=O)N1CCC(Nc2cc(CN3CCOCC3)cc(Nc3nc4ccccc4s3)n2)C1. The van der Waals surface area contributed by atoms with E-state index in [2.05, 4.69) is 40.3 Å². The minimum absolute atomic E-state index is 0.0217. The first kappa shape index (κ1) is 21.8. The molecule has 2 saturated heterocycles. The minimum atomic E-state index is -0.0217. The number of hydrogen-bond donors (Lipinski definition) is 2. The van der Waals surface area contributed by atoms with Crippen LogP contribution in [0.15, 0.2) is 49.1 Å². The number of ether oxygens (including phenoxy) is 1. The highest BCUT2D eigenvalue weighted by molar-refractivity contribution is 7.22. The molecule has 0 aliphatic carbocycles. The van der Waals surface area contributed by atoms with Crippen LogP contribution in [0.2, 0.25) is 0 Å². The van der Waals surface area contributed by atoms with E-state index in [0.29, 0.717) is 6.54 Å². The first-order chi connectivity index (χ1) is 16.2. The summed E-state index contributed by atoms with van der Waals surface area (Å²) in [4.78, 5) is 25.7. The van der Waals surface area contributed by atoms with Crippen molar-refractivity contribution in [3.8, 4) is 0 Å². The van der Waals surface area contributed by atoms with Gasteiger partial charge in [0.1, 0.15) is 11.6 Å². The van der Waals surface area contributed by atoms with Gasteiger partial charge in [0.2, 0.25) is 5.91 Å². The van der Waals surface area contributed by atoms with E-state index in [1.165, 1.54) is 11.6 Å². The number of benzene rings is 1. The zero-order chi connectivity index (χ0) is 22.6. The van der Waals surface area contributed by atoms with Crippen LogP contribution < -0.4 is 10.6 Å². The molecule has 3 aromatic rings. The first-order valence-electron chi connectivity index (χ1n) is 11.3. The standard InChI is InChI=1S/C24H28N6O2S/c1-2-23(31)30-8-7-18(16-30)25-21-13-17(15-29-9-11-32-12-10-29)14-22(27-21)28-24-26-19-5-3-4-6-20(19)33-24/h2-6,13-14,18H,1,7-12,15-16H2,(H2,25,26,27,28). The molecule has 0 radical (unpaired) electrons. The van der Waals surface area contributed by atoms with Gasteiger partial charge in [0.25, 0.3) is 0 Å². The zero-order valence-electron chi connectivity index (χ0n) is 18.5. The number of aromatic nitrogens is 2. The Morgan fingerprint density at radius 2 is 2.00 bits per heavy atom. The van der Waals surface area contributed by atoms with Gasteiger partial charge in [-0.2, -0.15) is 0 Å². The molecule has 172 valence electrons. The lowest BCUT2D eigenvalue weighted by Crippen LogP contribution is -2.35. The summed E-state index contributed by atoms with van der Waals surface area (Å²) in [6, 6.07) is 12.5. The van der Waals surface area contributed by atoms with E-state index in [-0.39, 0.29) is 11.9 Å². The van der Waals surface area contributed by atoms with Crippen molar-refractivity contribution in [1.29, 1.82) is 0 Å². The second kappa shape index (κ2) is 9.86. The summed E-state index contributed by atoms with van der Waals surface area (Å²) in [5.41, 5.74) is 2.15. The van der Waals surface area contributed by atoms with Gasteiger partial charge in [-0.15, -0.1) is 0 Å². The van der Waals surface area contributed by atoms with Crippen LogP contribution in [-0.2, 0) is 16.1 Å². The van der Waals surface area contributed by atoms with Crippen molar-refractivity contribution < 1.29 is 9.53 Å². The molecule has 0 saturated carbocycles. The molecule has 2 aliphatic rings. The van der Waals surface area contributed by atoms with Crippen molar-refractivity contribution in [3.05, 3.63) is 54.6 Å². The Labute approximate surface area is 197 Å². The number of pyridine rings is 1. The van der Waals surface area contributed by atoms with Gasteiger partial charge in [-0.1, -0.05) is 30.0 Å². The lowest BCUT2D eigenvalue weighted by Gasteiger charge is -2.27. The number of carbonyl (C=O) groups is 1. The van der Waals surface area contributed by atoms with Crippen molar-refractivity contribution in [2.24, 2.45) is 0 Å². The number of likely N-dealkylation sites (tertiary alicyclic amines) is 1. The topological polar surface area (TPSA) is 82.6 Å². The number of rotatable bonds is 7. The molecule has 1 amide bonds. The molecule has 5 rings (SSSR count). The summed E-state index contributed by atoms with van der Waals surface area (Å²) in [6.45, 7) is 9.19. The number of thiazole rings is 1. The fraction of sp³-hybridized carbons (Fsp3) is 0.375. The molecular formula is C24H28N6O2S. The molecule has 9 heteroatoms. The summed E-state index contributed by atoms with van der Waals surface area (Å²) in [6.07, 6.45) is 2.26. The summed E-state index contributed by atoms with van der Waals surface area (Å²) >= 11 is 1.62. The van der Waals surface area contributed by atoms with Crippen molar-refractivity contribution in [1.82, 2.24) is 19.8 Å². The molecule has 2 aromatic heterocycles. The first-order valence-corrected chi connectivity index (χ1v) is 12.1. The number of amides is 1. The van der Waals surface area contributed by atoms with Crippen LogP contribution in [0.25, 0.3) is 10.2 Å². The number of carbonyl (C=O) groups excluding carboxylic acids is 1. The average molecular weight is 465 g/mol. The number of hydrogen-bond acceptors (Lipinski definition) is 8. The zero-order valence-corrected chi connectivity index (χ0v) is 19.3. The smallest absolute Gasteiger partial charge is 0.246 e. The molecule has 33 heavy (non-hydrogen) atoms. The van der Waals surface area contributed by atoms with Crippen molar-refractivity contribution in [3.63, 3.8) is 0 Å². The van der Waals surface area contributed by atoms with E-state index in [4.69, 9.17) is 14.7 Å². The molecular weight excluding hydrogens is 436 g/mol. The Morgan fingerprint density at radius 1 is 1.18 bits per heavy atom. The van der Waals surface area contributed by atoms with Gasteiger partial charge in [0.05, 0.1) is 23.4 Å². The van der Waals surface area contributed by atoms with Gasteiger partial charge in [0, 0.05) is 38.8 Å². The fourth-order valence-corrected chi connectivity index (χ4v) is 5.16. The fourth-order valence-electron chi connectivity index (χ4n) is 4.29. The normalized spacial score (nSPS) is 19.0. The Morgan fingerprint density at radius 3 is 2.82 bits per heavy atom. The maximum atomic E-state index is 12.0. The predicted octanol–water partition coefficient (Wildman–Crippen LogP) is 3.47. The van der Waals surface area contributed by atoms with Crippen LogP contribution >= 0.6 is 11.3 Å². The van der Waals surface area contributed by atoms with Gasteiger partial charge < -0.3 is 20.3 Å². The van der Waals surface area contributed by atoms with Gasteiger partial charge >= 0.3 is 0 Å². The second-order valence-electron chi connectivity index (χ2n) is 8.36. The van der Waals surface area contributed by atoms with E-state index in [9.17, 15) is 4.79 Å². The third-order valence-electron chi connectivity index (χ3n) is 5.95. The number of fused-ring (bicyclic) bond motifs is 1. The highest BCUT2D eigenvalue weighted by Crippen LogP contribution is 2.29. The molecule has 2 N–H and O–H groups in total. The maximum absolute atomic E-state index is 12.0. The number of nitrogens with one attached hydrogen (secondary N) is 2. The second-order valence-corrected chi connectivity index (χ2v) is 9.40. The van der Waals surface area contributed by atoms with E-state index in [1.807, 2.05) is 23.1 Å². The lowest BCUT2D eigenvalue weighted by molar-refractivity contribution is -0.125. The summed E-state index contributed by atoms with van der Waals surface area (Å²) in [7, 11) is 0. The molecule has 2 fully saturated rings. The monoisotopic (exact) mass is 464 g/mol. The average Bonchev–Trinajstić information content (AvgIpc) is 3.45. The van der Waals surface area contributed by atoms with Crippen LogP contribution in [-0.4, -0.2) is 71.1 Å². The number of para-hydroxylation sites is 1. The molecule has 1 unspecified atom stereocenters. The highest BCUT2D eigenvalue weighted by atomic mass is 32.1. The molecule has 2 aliphatic heterocycles. The molecule has 0 bridgehead atoms. The molecule has 1 atom stereocenters. The Kier molecular flexibility index (Phi) is 6.52. The van der Waals surface area contributed by atoms with Crippen LogP contribution in [0, 0.1) is 0 Å². The molecule has 8 nitrogen and oxygen atoms in total. The number of nitrogens with zero attached hydrogens (tertiary/aromatic N) is 4. The van der Waals surface area contributed by atoms with Crippen molar-refractivity contribution in [2.45, 2.75) is 19.0 Å². The van der Waals surface area contributed by atoms with Crippen LogP contribution in [0.5, 0.6) is 0 Å². The van der Waals surface area contributed by atoms with Gasteiger partial charge in [0.15, 0.2) is 5.13 Å². The Hall–Kier alpha value is -3.01. The highest BCUT2D eigenvalue weighted by Gasteiger charge is 2.25. The third-order valence-corrected chi connectivity index (χ3v) is 6.90. The van der Waals surface area contributed by atoms with E-state index >= 15 is 0 Å². The Balaban J connectivity index is 1.36. The maximum Gasteiger partial charge on any atom is 0.246 e. The van der Waals surface area contributed by atoms with E-state index in [1.54, 1.807) is 11.3 Å². The molecule has 4 heterocycles. The Bertz CT molecular complexity index is 1110. The van der Waals surface area contributed by atoms with E-state index in [0.717, 1.165) is 72.8 Å². The van der Waals surface area contributed by atoms with Crippen LogP contribution in [0.4, 0.5) is 16.8 Å². The van der Waals surface area contributed by atoms with Crippen molar-refractivity contribution in [2.75, 3.05) is 50.0 Å². The number of anilines is 3. The summed E-state index contributed by atoms with van der Waals surface area (Å²) in [5, 5.41) is 7.77. The van der Waals surface area contributed by atoms with Gasteiger partial charge in [-0.3, -0.25) is 9.69 Å². The van der Waals surface area contributed by atoms with Gasteiger partial charge in [-0.25, -0.2) is 9.97 Å². The minimum Gasteiger partial charge on any atom is -0.379 e. The molecule has 1 aromatic carbocycles. The van der Waals surface area contributed by atoms with E-state index < -0.39 is 0 Å². The summed E-state index contributed by atoms with van der Waals surface area (Å²) in [5.74, 6) is 1.55. The number of morpholine rings is 1. The van der Waals surface area contributed by atoms with Crippen molar-refractivity contribution >= 4 is 44.2 Å². The quantitative estimate of drug-likeness (QED) is 0.518. The third kappa shape index (κ3) is 5.32. The lowest BCUT2D eigenvalue weighted by atomic mass is 10.2. The van der Waals surface area contributed by atoms with Crippen LogP contribution in [0.1, 0.15) is 12.0 Å². The predicted molar refractivity (Wildman–Crippen MR) is 132 cm³/mol. The largest absolute Gasteiger partial charge is 0.379 e. The summed E-state index contributed by atoms with van der Waals surface area (Å²) < 4.78 is 6.63. The van der Waals surface area contributed by atoms with Crippen LogP contribution in [0.3, 0.4) is 0 Å². The van der Waals surface area contributed by atoms with Gasteiger partial charge in [-0.05, 0) is 42.3 Å².